The Balaban J connectivity index is 0.000000141. The predicted molar refractivity (Wildman–Crippen MR) is 226 cm³/mol. The van der Waals surface area contributed by atoms with Crippen molar-refractivity contribution in [2.75, 3.05) is 20.8 Å². The summed E-state index contributed by atoms with van der Waals surface area (Å²) in [4.78, 5) is 30.6. The quantitative estimate of drug-likeness (QED) is 0.104. The van der Waals surface area contributed by atoms with Crippen LogP contribution in [0, 0.1) is 0 Å². The first-order valence-corrected chi connectivity index (χ1v) is 20.1. The Hall–Kier alpha value is -5.89. The summed E-state index contributed by atoms with van der Waals surface area (Å²) >= 11 is 7.22. The third-order valence-corrected chi connectivity index (χ3v) is 11.5. The van der Waals surface area contributed by atoms with Crippen molar-refractivity contribution in [3.05, 3.63) is 166 Å². The van der Waals surface area contributed by atoms with Crippen molar-refractivity contribution in [1.82, 2.24) is 27.9 Å². The highest BCUT2D eigenvalue weighted by Gasteiger charge is 2.44. The van der Waals surface area contributed by atoms with Crippen molar-refractivity contribution in [2.24, 2.45) is 0 Å². The van der Waals surface area contributed by atoms with E-state index in [4.69, 9.17) is 35.7 Å². The van der Waals surface area contributed by atoms with Gasteiger partial charge in [-0.2, -0.15) is 0 Å². The van der Waals surface area contributed by atoms with E-state index in [0.29, 0.717) is 18.0 Å². The molecule has 2 aliphatic rings. The Morgan fingerprint density at radius 3 is 1.42 bits per heavy atom. The highest BCUT2D eigenvalue weighted by molar-refractivity contribution is 6.28. The Bertz CT molecular complexity index is 2510. The maximum absolute atomic E-state index is 11.6. The molecule has 0 aliphatic carbocycles. The molecule has 18 heteroatoms. The molecule has 0 amide bonds. The highest BCUT2D eigenvalue weighted by Crippen LogP contribution is 2.44. The number of imidazole rings is 2. The average molecular weight is 871 g/mol. The maximum atomic E-state index is 11.6. The standard InChI is InChI=1S/C21H19ClO2.C12H15N3O4.C11H13N3O5/c1-23-19-12-8-17(9-13-19)21(22,16-6-4-3-5-7-16)18-10-14-20(24-2)15-11-18;1-2-7-9(17)10(18)11(19-7)15-5-3-8(16)14-6-4-13-12(14)15;15-5-6-8(17)9(18)10(19-6)14-3-1-7(16)13-4-2-12-11(13)14/h3-15H,1-2H3;3-7,9-11,17-18H,2H2,1H3;1-4,6,8-10,15,17-18H,5H2/t;7-,9-,10-,11-;6-,8-,9-,10-/m.11/s1. The summed E-state index contributed by atoms with van der Waals surface area (Å²) in [6, 6.07) is 28.5. The molecule has 2 aliphatic heterocycles. The van der Waals surface area contributed by atoms with E-state index in [1.807, 2.05) is 85.8 Å². The van der Waals surface area contributed by atoms with Gasteiger partial charge in [0.1, 0.15) is 46.9 Å². The van der Waals surface area contributed by atoms with Gasteiger partial charge in [-0.05, 0) is 47.4 Å². The van der Waals surface area contributed by atoms with Crippen LogP contribution in [0.15, 0.2) is 138 Å². The van der Waals surface area contributed by atoms with Crippen LogP contribution in [0.3, 0.4) is 0 Å². The molecule has 0 radical (unpaired) electrons. The van der Waals surface area contributed by atoms with Gasteiger partial charge in [-0.15, -0.1) is 11.6 Å². The summed E-state index contributed by atoms with van der Waals surface area (Å²) in [6.07, 6.45) is 2.22. The molecule has 3 aromatic carbocycles. The highest BCUT2D eigenvalue weighted by atomic mass is 35.5. The van der Waals surface area contributed by atoms with Crippen molar-refractivity contribution in [2.45, 2.75) is 67.3 Å². The van der Waals surface area contributed by atoms with Crippen LogP contribution in [0.5, 0.6) is 11.5 Å². The van der Waals surface area contributed by atoms with Gasteiger partial charge in [0.05, 0.1) is 26.9 Å². The zero-order valence-corrected chi connectivity index (χ0v) is 34.7. The lowest BCUT2D eigenvalue weighted by Gasteiger charge is -2.29. The number of hydrogen-bond acceptors (Lipinski definition) is 13. The summed E-state index contributed by atoms with van der Waals surface area (Å²) in [7, 11) is 3.31. The zero-order valence-electron chi connectivity index (χ0n) is 33.9. The molecule has 8 atom stereocenters. The zero-order chi connectivity index (χ0) is 44.1. The first-order valence-electron chi connectivity index (χ1n) is 19.7. The molecule has 9 rings (SSSR count). The fraction of sp³-hybridized carbons (Fsp3) is 0.318. The first-order chi connectivity index (χ1) is 29.9. The second-order valence-corrected chi connectivity index (χ2v) is 15.0. The lowest BCUT2D eigenvalue weighted by molar-refractivity contribution is -0.0516. The minimum atomic E-state index is -1.21. The molecule has 2 fully saturated rings. The Labute approximate surface area is 359 Å². The van der Waals surface area contributed by atoms with E-state index in [1.165, 1.54) is 56.5 Å². The lowest BCUT2D eigenvalue weighted by Crippen LogP contribution is -2.33. The molecule has 0 saturated carbocycles. The molecular weight excluding hydrogens is 824 g/mol. The van der Waals surface area contributed by atoms with Crippen molar-refractivity contribution >= 4 is 23.2 Å². The molecule has 0 unspecified atom stereocenters. The maximum Gasteiger partial charge on any atom is 0.258 e. The second kappa shape index (κ2) is 19.0. The van der Waals surface area contributed by atoms with Crippen LogP contribution in [-0.4, -0.2) is 111 Å². The van der Waals surface area contributed by atoms with Crippen molar-refractivity contribution in [1.29, 1.82) is 0 Å². The number of aromatic nitrogens is 6. The minimum Gasteiger partial charge on any atom is -0.497 e. The van der Waals surface area contributed by atoms with Gasteiger partial charge >= 0.3 is 0 Å². The van der Waals surface area contributed by atoms with Crippen LogP contribution < -0.4 is 20.6 Å². The number of nitrogens with zero attached hydrogens (tertiary/aromatic N) is 6. The van der Waals surface area contributed by atoms with Gasteiger partial charge in [-0.25, -0.2) is 9.97 Å². The fourth-order valence-corrected chi connectivity index (χ4v) is 7.89. The van der Waals surface area contributed by atoms with Gasteiger partial charge < -0.3 is 44.5 Å². The smallest absolute Gasteiger partial charge is 0.258 e. The molecule has 0 spiro atoms. The largest absolute Gasteiger partial charge is 0.497 e. The third kappa shape index (κ3) is 8.49. The van der Waals surface area contributed by atoms with E-state index in [1.54, 1.807) is 25.0 Å². The van der Waals surface area contributed by atoms with E-state index in [0.717, 1.165) is 28.2 Å². The van der Waals surface area contributed by atoms with Gasteiger partial charge in [-0.1, -0.05) is 61.5 Å². The normalized spacial score (nSPS) is 23.4. The SMILES string of the molecule is CC[C@H]1O[C@@H](n2ccc(=O)n3ccnc23)[C@H](O)[C@@H]1O.COc1ccc(C(Cl)(c2ccccc2)c2ccc(OC)cc2)cc1.O=c1ccn([C@@H]2O[C@H](CO)[C@@H](O)[C@H]2O)c2nccn12. The Morgan fingerprint density at radius 1 is 0.613 bits per heavy atom. The van der Waals surface area contributed by atoms with Crippen molar-refractivity contribution < 1.29 is 44.5 Å². The van der Waals surface area contributed by atoms with Crippen molar-refractivity contribution in [3.63, 3.8) is 0 Å². The number of alkyl halides is 1. The van der Waals surface area contributed by atoms with Gasteiger partial charge in [0.2, 0.25) is 11.6 Å². The van der Waals surface area contributed by atoms with Gasteiger partial charge in [0.25, 0.3) is 11.1 Å². The number of halogens is 1. The number of hydrogen-bond donors (Lipinski definition) is 5. The molecule has 17 nitrogen and oxygen atoms in total. The number of aliphatic hydroxyl groups excluding tert-OH is 5. The van der Waals surface area contributed by atoms with Crippen LogP contribution in [0.2, 0.25) is 0 Å². The van der Waals surface area contributed by atoms with Gasteiger partial charge in [0.15, 0.2) is 12.5 Å². The van der Waals surface area contributed by atoms with Crippen LogP contribution in [-0.2, 0) is 14.3 Å². The Kier molecular flexibility index (Phi) is 13.6. The minimum absolute atomic E-state index is 0.205. The molecule has 7 aromatic rings. The van der Waals surface area contributed by atoms with Crippen LogP contribution in [0.1, 0.15) is 42.5 Å². The number of methoxy groups -OCH3 is 2. The van der Waals surface area contributed by atoms with Gasteiger partial charge in [0, 0.05) is 49.3 Å². The second-order valence-electron chi connectivity index (χ2n) is 14.5. The molecule has 4 aromatic heterocycles. The summed E-state index contributed by atoms with van der Waals surface area (Å²) in [5, 5.41) is 48.7. The molecular formula is C44H47ClN6O11. The first kappa shape index (κ1) is 44.2. The van der Waals surface area contributed by atoms with E-state index in [-0.39, 0.29) is 11.1 Å². The lowest BCUT2D eigenvalue weighted by atomic mass is 9.84. The average Bonchev–Trinajstić information content (AvgIpc) is 4.13. The fourth-order valence-electron chi connectivity index (χ4n) is 7.51. The number of fused-ring (bicyclic) bond motifs is 2. The van der Waals surface area contributed by atoms with E-state index < -0.39 is 60.6 Å². The number of aliphatic hydroxyl groups is 5. The van der Waals surface area contributed by atoms with Crippen molar-refractivity contribution in [3.8, 4) is 11.5 Å². The molecule has 326 valence electrons. The number of ether oxygens (including phenoxy) is 4. The van der Waals surface area contributed by atoms with E-state index in [9.17, 15) is 30.0 Å². The molecule has 5 N–H and O–H groups in total. The van der Waals surface area contributed by atoms with E-state index in [2.05, 4.69) is 9.97 Å². The Morgan fingerprint density at radius 2 is 1.03 bits per heavy atom. The van der Waals surface area contributed by atoms with Crippen LogP contribution >= 0.6 is 11.6 Å². The summed E-state index contributed by atoms with van der Waals surface area (Å²) in [5.74, 6) is 2.28. The third-order valence-electron chi connectivity index (χ3n) is 10.9. The molecule has 0 bridgehead atoms. The monoisotopic (exact) mass is 870 g/mol. The van der Waals surface area contributed by atoms with Crippen LogP contribution in [0.4, 0.5) is 0 Å². The summed E-state index contributed by atoms with van der Waals surface area (Å²) in [5.41, 5.74) is 2.53. The van der Waals surface area contributed by atoms with E-state index >= 15 is 0 Å². The van der Waals surface area contributed by atoms with Gasteiger partial charge in [-0.3, -0.25) is 27.5 Å². The topological polar surface area (TPSA) is 217 Å². The van der Waals surface area contributed by atoms with Crippen LogP contribution in [0.25, 0.3) is 11.6 Å². The molecule has 62 heavy (non-hydrogen) atoms. The number of benzene rings is 3. The molecule has 6 heterocycles. The summed E-state index contributed by atoms with van der Waals surface area (Å²) in [6.45, 7) is 1.47. The number of rotatable bonds is 9. The molecule has 2 saturated heterocycles. The predicted octanol–water partition coefficient (Wildman–Crippen LogP) is 2.87. The summed E-state index contributed by atoms with van der Waals surface area (Å²) < 4.78 is 27.2.